The molecular formula is C9H15NS2. The van der Waals surface area contributed by atoms with E-state index in [1.807, 2.05) is 23.1 Å². The van der Waals surface area contributed by atoms with Gasteiger partial charge in [-0.2, -0.15) is 11.8 Å². The van der Waals surface area contributed by atoms with Crippen molar-refractivity contribution in [3.63, 3.8) is 0 Å². The molecule has 0 saturated carbocycles. The highest BCUT2D eigenvalue weighted by Gasteiger charge is 1.99. The summed E-state index contributed by atoms with van der Waals surface area (Å²) in [6, 6.07) is 4.29. The molecule has 0 aliphatic rings. The highest BCUT2D eigenvalue weighted by molar-refractivity contribution is 7.98. The molecule has 1 rings (SSSR count). The van der Waals surface area contributed by atoms with Crippen molar-refractivity contribution in [2.24, 2.45) is 11.7 Å². The van der Waals surface area contributed by atoms with Crippen LogP contribution in [0.15, 0.2) is 17.5 Å². The summed E-state index contributed by atoms with van der Waals surface area (Å²) >= 11 is 3.80. The molecule has 1 nitrogen and oxygen atoms in total. The van der Waals surface area contributed by atoms with Gasteiger partial charge in [-0.05, 0) is 29.7 Å². The zero-order valence-electron chi connectivity index (χ0n) is 7.32. The monoisotopic (exact) mass is 201 g/mol. The van der Waals surface area contributed by atoms with E-state index in [1.165, 1.54) is 10.6 Å². The molecule has 3 heteroatoms. The normalized spacial score (nSPS) is 13.2. The van der Waals surface area contributed by atoms with Gasteiger partial charge in [0, 0.05) is 10.6 Å². The fraction of sp³-hybridized carbons (Fsp3) is 0.556. The SMILES string of the molecule is CC(CN)CSCc1cccs1. The van der Waals surface area contributed by atoms with E-state index in [0.717, 1.165) is 12.3 Å². The Balaban J connectivity index is 2.11. The maximum absolute atomic E-state index is 5.52. The predicted molar refractivity (Wildman–Crippen MR) is 58.7 cm³/mol. The van der Waals surface area contributed by atoms with Gasteiger partial charge in [-0.1, -0.05) is 13.0 Å². The van der Waals surface area contributed by atoms with Gasteiger partial charge in [0.15, 0.2) is 0 Å². The predicted octanol–water partition coefficient (Wildman–Crippen LogP) is 2.58. The largest absolute Gasteiger partial charge is 0.330 e. The van der Waals surface area contributed by atoms with E-state index in [2.05, 4.69) is 24.4 Å². The second kappa shape index (κ2) is 5.62. The molecule has 12 heavy (non-hydrogen) atoms. The second-order valence-electron chi connectivity index (χ2n) is 2.94. The molecule has 1 aromatic heterocycles. The van der Waals surface area contributed by atoms with Crippen LogP contribution in [0.25, 0.3) is 0 Å². The topological polar surface area (TPSA) is 26.0 Å². The molecule has 68 valence electrons. The summed E-state index contributed by atoms with van der Waals surface area (Å²) in [6.07, 6.45) is 0. The number of hydrogen-bond acceptors (Lipinski definition) is 3. The second-order valence-corrected chi connectivity index (χ2v) is 5.00. The van der Waals surface area contributed by atoms with Gasteiger partial charge >= 0.3 is 0 Å². The van der Waals surface area contributed by atoms with Crippen LogP contribution in [-0.2, 0) is 5.75 Å². The summed E-state index contributed by atoms with van der Waals surface area (Å²) in [6.45, 7) is 3.00. The molecular weight excluding hydrogens is 186 g/mol. The molecule has 0 aliphatic heterocycles. The summed E-state index contributed by atoms with van der Waals surface area (Å²) in [4.78, 5) is 1.46. The average molecular weight is 201 g/mol. The molecule has 0 aliphatic carbocycles. The van der Waals surface area contributed by atoms with Gasteiger partial charge < -0.3 is 5.73 Å². The Hall–Kier alpha value is 0.01000. The first kappa shape index (κ1) is 10.1. The summed E-state index contributed by atoms with van der Waals surface area (Å²) in [5, 5.41) is 2.13. The third-order valence-electron chi connectivity index (χ3n) is 1.63. The molecule has 0 fully saturated rings. The Morgan fingerprint density at radius 1 is 1.67 bits per heavy atom. The molecule has 2 N–H and O–H groups in total. The van der Waals surface area contributed by atoms with Gasteiger partial charge in [0.2, 0.25) is 0 Å². The van der Waals surface area contributed by atoms with E-state index in [0.29, 0.717) is 5.92 Å². The van der Waals surface area contributed by atoms with Crippen LogP contribution in [-0.4, -0.2) is 12.3 Å². The van der Waals surface area contributed by atoms with Crippen molar-refractivity contribution in [2.75, 3.05) is 12.3 Å². The number of rotatable bonds is 5. The molecule has 1 unspecified atom stereocenters. The van der Waals surface area contributed by atoms with Crippen LogP contribution in [0.4, 0.5) is 0 Å². The third-order valence-corrected chi connectivity index (χ3v) is 4.01. The van der Waals surface area contributed by atoms with E-state index in [-0.39, 0.29) is 0 Å². The van der Waals surface area contributed by atoms with Gasteiger partial charge in [-0.3, -0.25) is 0 Å². The molecule has 1 atom stereocenters. The zero-order chi connectivity index (χ0) is 8.81. The molecule has 0 bridgehead atoms. The Morgan fingerprint density at radius 3 is 3.08 bits per heavy atom. The lowest BCUT2D eigenvalue weighted by molar-refractivity contribution is 0.675. The first-order chi connectivity index (χ1) is 5.83. The highest BCUT2D eigenvalue weighted by Crippen LogP contribution is 2.18. The minimum absolute atomic E-state index is 0.648. The van der Waals surface area contributed by atoms with Gasteiger partial charge in [0.1, 0.15) is 0 Å². The lowest BCUT2D eigenvalue weighted by Crippen LogP contribution is -2.12. The van der Waals surface area contributed by atoms with Crippen molar-refractivity contribution in [2.45, 2.75) is 12.7 Å². The van der Waals surface area contributed by atoms with Crippen LogP contribution in [0.3, 0.4) is 0 Å². The lowest BCUT2D eigenvalue weighted by Gasteiger charge is -2.05. The molecule has 0 amide bonds. The van der Waals surface area contributed by atoms with Crippen LogP contribution < -0.4 is 5.73 Å². The maximum Gasteiger partial charge on any atom is 0.0279 e. The van der Waals surface area contributed by atoms with Gasteiger partial charge in [-0.15, -0.1) is 11.3 Å². The summed E-state index contributed by atoms with van der Waals surface area (Å²) in [7, 11) is 0. The molecule has 0 spiro atoms. The van der Waals surface area contributed by atoms with E-state index in [1.54, 1.807) is 0 Å². The fourth-order valence-electron chi connectivity index (χ4n) is 0.823. The Morgan fingerprint density at radius 2 is 2.50 bits per heavy atom. The van der Waals surface area contributed by atoms with E-state index >= 15 is 0 Å². The number of nitrogens with two attached hydrogens (primary N) is 1. The first-order valence-electron chi connectivity index (χ1n) is 4.13. The zero-order valence-corrected chi connectivity index (χ0v) is 8.96. The van der Waals surface area contributed by atoms with Gasteiger partial charge in [0.05, 0.1) is 0 Å². The third kappa shape index (κ3) is 3.61. The number of thiophene rings is 1. The van der Waals surface area contributed by atoms with E-state index in [4.69, 9.17) is 5.73 Å². The Bertz CT molecular complexity index is 196. The Kier molecular flexibility index (Phi) is 4.73. The van der Waals surface area contributed by atoms with E-state index in [9.17, 15) is 0 Å². The van der Waals surface area contributed by atoms with Crippen molar-refractivity contribution in [3.05, 3.63) is 22.4 Å². The van der Waals surface area contributed by atoms with Crippen molar-refractivity contribution in [1.82, 2.24) is 0 Å². The van der Waals surface area contributed by atoms with Crippen LogP contribution in [0.5, 0.6) is 0 Å². The lowest BCUT2D eigenvalue weighted by atomic mass is 10.2. The average Bonchev–Trinajstić information content (AvgIpc) is 2.57. The molecule has 0 radical (unpaired) electrons. The minimum atomic E-state index is 0.648. The number of hydrogen-bond donors (Lipinski definition) is 1. The number of thioether (sulfide) groups is 1. The van der Waals surface area contributed by atoms with Crippen LogP contribution in [0.1, 0.15) is 11.8 Å². The molecule has 1 heterocycles. The van der Waals surface area contributed by atoms with Crippen LogP contribution in [0.2, 0.25) is 0 Å². The first-order valence-corrected chi connectivity index (χ1v) is 6.16. The summed E-state index contributed by atoms with van der Waals surface area (Å²) < 4.78 is 0. The smallest absolute Gasteiger partial charge is 0.0279 e. The molecule has 0 saturated heterocycles. The van der Waals surface area contributed by atoms with E-state index < -0.39 is 0 Å². The minimum Gasteiger partial charge on any atom is -0.330 e. The van der Waals surface area contributed by atoms with Crippen molar-refractivity contribution in [1.29, 1.82) is 0 Å². The van der Waals surface area contributed by atoms with Crippen molar-refractivity contribution >= 4 is 23.1 Å². The summed E-state index contributed by atoms with van der Waals surface area (Å²) in [5.41, 5.74) is 5.52. The summed E-state index contributed by atoms with van der Waals surface area (Å²) in [5.74, 6) is 2.96. The van der Waals surface area contributed by atoms with Gasteiger partial charge in [0.25, 0.3) is 0 Å². The van der Waals surface area contributed by atoms with Crippen LogP contribution in [0, 0.1) is 5.92 Å². The standard InChI is InChI=1S/C9H15NS2/c1-8(5-10)6-11-7-9-3-2-4-12-9/h2-4,8H,5-7,10H2,1H3. The van der Waals surface area contributed by atoms with Crippen LogP contribution >= 0.6 is 23.1 Å². The molecule has 1 aromatic rings. The van der Waals surface area contributed by atoms with Crippen molar-refractivity contribution in [3.8, 4) is 0 Å². The van der Waals surface area contributed by atoms with Gasteiger partial charge in [-0.25, -0.2) is 0 Å². The quantitative estimate of drug-likeness (QED) is 0.792. The molecule has 0 aromatic carbocycles. The fourth-order valence-corrected chi connectivity index (χ4v) is 2.79. The maximum atomic E-state index is 5.52. The van der Waals surface area contributed by atoms with Crippen molar-refractivity contribution < 1.29 is 0 Å². The Labute approximate surface area is 82.4 Å². The highest BCUT2D eigenvalue weighted by atomic mass is 32.2.